The van der Waals surface area contributed by atoms with Gasteiger partial charge >= 0.3 is 0 Å². The quantitative estimate of drug-likeness (QED) is 0.892. The van der Waals surface area contributed by atoms with Crippen LogP contribution in [0.1, 0.15) is 30.8 Å². The van der Waals surface area contributed by atoms with Crippen LogP contribution in [-0.4, -0.2) is 26.2 Å². The summed E-state index contributed by atoms with van der Waals surface area (Å²) >= 11 is 0. The van der Waals surface area contributed by atoms with Crippen molar-refractivity contribution in [2.45, 2.75) is 40.3 Å². The molecule has 0 spiro atoms. The molecule has 0 aliphatic heterocycles. The highest BCUT2D eigenvalue weighted by molar-refractivity contribution is 5.46. The van der Waals surface area contributed by atoms with Gasteiger partial charge in [-0.1, -0.05) is 32.0 Å². The van der Waals surface area contributed by atoms with Gasteiger partial charge in [-0.25, -0.2) is 0 Å². The maximum Gasteiger partial charge on any atom is 0.170 e. The van der Waals surface area contributed by atoms with Crippen LogP contribution in [-0.2, 0) is 6.54 Å². The van der Waals surface area contributed by atoms with E-state index in [0.717, 1.165) is 11.5 Å². The smallest absolute Gasteiger partial charge is 0.170 e. The molecular weight excluding hydrogens is 226 g/mol. The first-order valence-corrected chi connectivity index (χ1v) is 6.17. The molecule has 0 aliphatic rings. The zero-order valence-corrected chi connectivity index (χ0v) is 11.3. The van der Waals surface area contributed by atoms with E-state index in [2.05, 4.69) is 60.7 Å². The number of aromatic nitrogens is 4. The van der Waals surface area contributed by atoms with Crippen molar-refractivity contribution < 1.29 is 0 Å². The summed E-state index contributed by atoms with van der Waals surface area (Å²) in [5.74, 6) is 0.834. The van der Waals surface area contributed by atoms with Crippen LogP contribution in [0.25, 0.3) is 5.69 Å². The van der Waals surface area contributed by atoms with Crippen LogP contribution >= 0.6 is 0 Å². The SMILES string of the molecule is Cc1cccc(C)c1-n1nnnc1CNC(C)C. The minimum atomic E-state index is 0.410. The molecular formula is C13H19N5. The van der Waals surface area contributed by atoms with Gasteiger partial charge in [0.15, 0.2) is 5.82 Å². The van der Waals surface area contributed by atoms with Crippen molar-refractivity contribution in [3.8, 4) is 5.69 Å². The number of rotatable bonds is 4. The highest BCUT2D eigenvalue weighted by Crippen LogP contribution is 2.18. The van der Waals surface area contributed by atoms with Crippen LogP contribution in [0.3, 0.4) is 0 Å². The maximum absolute atomic E-state index is 4.10. The van der Waals surface area contributed by atoms with Gasteiger partial charge in [0.2, 0.25) is 0 Å². The third-order valence-electron chi connectivity index (χ3n) is 2.85. The van der Waals surface area contributed by atoms with Crippen LogP contribution in [0.5, 0.6) is 0 Å². The van der Waals surface area contributed by atoms with E-state index < -0.39 is 0 Å². The highest BCUT2D eigenvalue weighted by atomic mass is 15.5. The minimum Gasteiger partial charge on any atom is -0.308 e. The molecule has 1 N–H and O–H groups in total. The third-order valence-corrected chi connectivity index (χ3v) is 2.85. The fourth-order valence-corrected chi connectivity index (χ4v) is 1.92. The number of hydrogen-bond donors (Lipinski definition) is 1. The summed E-state index contributed by atoms with van der Waals surface area (Å²) in [6, 6.07) is 6.60. The van der Waals surface area contributed by atoms with Gasteiger partial charge in [0.1, 0.15) is 0 Å². The first kappa shape index (κ1) is 12.7. The van der Waals surface area contributed by atoms with Crippen molar-refractivity contribution >= 4 is 0 Å². The number of benzene rings is 1. The van der Waals surface area contributed by atoms with Crippen molar-refractivity contribution in [3.05, 3.63) is 35.2 Å². The summed E-state index contributed by atoms with van der Waals surface area (Å²) in [6.07, 6.45) is 0. The van der Waals surface area contributed by atoms with Gasteiger partial charge in [0.05, 0.1) is 12.2 Å². The minimum absolute atomic E-state index is 0.410. The van der Waals surface area contributed by atoms with Crippen molar-refractivity contribution in [2.75, 3.05) is 0 Å². The molecule has 0 atom stereocenters. The highest BCUT2D eigenvalue weighted by Gasteiger charge is 2.12. The lowest BCUT2D eigenvalue weighted by Crippen LogP contribution is -2.24. The van der Waals surface area contributed by atoms with Crippen LogP contribution < -0.4 is 5.32 Å². The zero-order valence-electron chi connectivity index (χ0n) is 11.3. The molecule has 0 saturated heterocycles. The molecule has 2 aromatic rings. The Morgan fingerprint density at radius 3 is 2.50 bits per heavy atom. The van der Waals surface area contributed by atoms with Gasteiger partial charge < -0.3 is 5.32 Å². The normalized spacial score (nSPS) is 11.2. The molecule has 0 saturated carbocycles. The average molecular weight is 245 g/mol. The van der Waals surface area contributed by atoms with E-state index in [0.29, 0.717) is 12.6 Å². The van der Waals surface area contributed by atoms with E-state index in [4.69, 9.17) is 0 Å². The van der Waals surface area contributed by atoms with E-state index in [1.807, 2.05) is 10.7 Å². The molecule has 96 valence electrons. The Kier molecular flexibility index (Phi) is 3.72. The fraction of sp³-hybridized carbons (Fsp3) is 0.462. The Labute approximate surface area is 107 Å². The summed E-state index contributed by atoms with van der Waals surface area (Å²) in [7, 11) is 0. The Morgan fingerprint density at radius 2 is 1.89 bits per heavy atom. The topological polar surface area (TPSA) is 55.6 Å². The second-order valence-electron chi connectivity index (χ2n) is 4.78. The van der Waals surface area contributed by atoms with E-state index in [9.17, 15) is 0 Å². The van der Waals surface area contributed by atoms with Gasteiger partial charge in [0, 0.05) is 6.04 Å². The molecule has 2 rings (SSSR count). The van der Waals surface area contributed by atoms with Crippen molar-refractivity contribution in [3.63, 3.8) is 0 Å². The summed E-state index contributed by atoms with van der Waals surface area (Å²) in [6.45, 7) is 9.02. The van der Waals surface area contributed by atoms with E-state index >= 15 is 0 Å². The molecule has 1 aromatic carbocycles. The number of nitrogens with one attached hydrogen (secondary N) is 1. The lowest BCUT2D eigenvalue weighted by molar-refractivity contribution is 0.562. The van der Waals surface area contributed by atoms with Crippen LogP contribution in [0.4, 0.5) is 0 Å². The molecule has 18 heavy (non-hydrogen) atoms. The number of aryl methyl sites for hydroxylation is 2. The second kappa shape index (κ2) is 5.27. The molecule has 0 bridgehead atoms. The molecule has 5 heteroatoms. The van der Waals surface area contributed by atoms with E-state index in [1.165, 1.54) is 11.1 Å². The molecule has 1 aromatic heterocycles. The zero-order chi connectivity index (χ0) is 13.1. The van der Waals surface area contributed by atoms with Gasteiger partial charge in [-0.3, -0.25) is 0 Å². The van der Waals surface area contributed by atoms with Gasteiger partial charge in [-0.2, -0.15) is 4.68 Å². The summed E-state index contributed by atoms with van der Waals surface area (Å²) in [5, 5.41) is 15.3. The van der Waals surface area contributed by atoms with E-state index in [1.54, 1.807) is 0 Å². The number of tetrazole rings is 1. The van der Waals surface area contributed by atoms with Gasteiger partial charge in [-0.15, -0.1) is 5.10 Å². The molecule has 0 radical (unpaired) electrons. The predicted molar refractivity (Wildman–Crippen MR) is 70.6 cm³/mol. The maximum atomic E-state index is 4.10. The van der Waals surface area contributed by atoms with Crippen LogP contribution in [0.15, 0.2) is 18.2 Å². The second-order valence-corrected chi connectivity index (χ2v) is 4.78. The Balaban J connectivity index is 2.36. The molecule has 1 heterocycles. The van der Waals surface area contributed by atoms with Crippen LogP contribution in [0.2, 0.25) is 0 Å². The lowest BCUT2D eigenvalue weighted by atomic mass is 10.1. The number of hydrogen-bond acceptors (Lipinski definition) is 4. The van der Waals surface area contributed by atoms with Crippen LogP contribution in [0, 0.1) is 13.8 Å². The van der Waals surface area contributed by atoms with Crippen molar-refractivity contribution in [2.24, 2.45) is 0 Å². The number of para-hydroxylation sites is 1. The molecule has 0 aliphatic carbocycles. The van der Waals surface area contributed by atoms with Gasteiger partial charge in [0.25, 0.3) is 0 Å². The molecule has 0 fully saturated rings. The number of nitrogens with zero attached hydrogens (tertiary/aromatic N) is 4. The van der Waals surface area contributed by atoms with Crippen molar-refractivity contribution in [1.29, 1.82) is 0 Å². The Morgan fingerprint density at radius 1 is 1.22 bits per heavy atom. The fourth-order valence-electron chi connectivity index (χ4n) is 1.92. The molecule has 0 amide bonds. The standard InChI is InChI=1S/C13H19N5/c1-9(2)14-8-12-15-16-17-18(12)13-10(3)6-5-7-11(13)4/h5-7,9,14H,8H2,1-4H3. The molecule has 5 nitrogen and oxygen atoms in total. The first-order valence-electron chi connectivity index (χ1n) is 6.17. The lowest BCUT2D eigenvalue weighted by Gasteiger charge is -2.12. The Bertz CT molecular complexity index is 510. The summed E-state index contributed by atoms with van der Waals surface area (Å²) < 4.78 is 1.82. The van der Waals surface area contributed by atoms with Crippen molar-refractivity contribution in [1.82, 2.24) is 25.5 Å². The Hall–Kier alpha value is -1.75. The largest absolute Gasteiger partial charge is 0.308 e. The van der Waals surface area contributed by atoms with E-state index in [-0.39, 0.29) is 0 Å². The molecule has 0 unspecified atom stereocenters. The monoisotopic (exact) mass is 245 g/mol. The first-order chi connectivity index (χ1) is 8.59. The van der Waals surface area contributed by atoms with Gasteiger partial charge in [-0.05, 0) is 35.4 Å². The average Bonchev–Trinajstić information content (AvgIpc) is 2.74. The predicted octanol–water partition coefficient (Wildman–Crippen LogP) is 1.78. The third kappa shape index (κ3) is 2.56. The summed E-state index contributed by atoms with van der Waals surface area (Å²) in [4.78, 5) is 0. The summed E-state index contributed by atoms with van der Waals surface area (Å²) in [5.41, 5.74) is 3.42.